The van der Waals surface area contributed by atoms with Gasteiger partial charge in [0.15, 0.2) is 4.80 Å². The Kier molecular flexibility index (Phi) is 7.25. The average molecular weight is 502 g/mol. The molecule has 1 aliphatic heterocycles. The van der Waals surface area contributed by atoms with Crippen molar-refractivity contribution in [3.05, 3.63) is 52.3 Å². The number of carbonyl (C=O) groups is 1. The van der Waals surface area contributed by atoms with Gasteiger partial charge in [-0.05, 0) is 69.0 Å². The van der Waals surface area contributed by atoms with Crippen molar-refractivity contribution in [3.8, 4) is 5.75 Å². The number of sulfonamides is 1. The van der Waals surface area contributed by atoms with Crippen LogP contribution in [0.2, 0.25) is 0 Å². The normalized spacial score (nSPS) is 17.9. The largest absolute Gasteiger partial charge is 0.495 e. The van der Waals surface area contributed by atoms with E-state index in [2.05, 4.69) is 11.9 Å². The van der Waals surface area contributed by atoms with Crippen molar-refractivity contribution in [2.75, 3.05) is 13.7 Å². The third-order valence-electron chi connectivity index (χ3n) is 6.30. The molecule has 0 spiro atoms. The fraction of sp³-hybridized carbons (Fsp3) is 0.440. The van der Waals surface area contributed by atoms with Crippen LogP contribution in [-0.4, -0.2) is 42.9 Å². The van der Waals surface area contributed by atoms with Crippen molar-refractivity contribution in [3.63, 3.8) is 0 Å². The number of benzene rings is 2. The molecule has 3 aromatic rings. The van der Waals surface area contributed by atoms with E-state index >= 15 is 0 Å². The van der Waals surface area contributed by atoms with Crippen LogP contribution < -0.4 is 9.54 Å². The average Bonchev–Trinajstić information content (AvgIpc) is 3.18. The maximum Gasteiger partial charge on any atom is 0.279 e. The van der Waals surface area contributed by atoms with Crippen LogP contribution in [0, 0.1) is 6.92 Å². The lowest BCUT2D eigenvalue weighted by Gasteiger charge is -2.32. The molecule has 1 aliphatic rings. The van der Waals surface area contributed by atoms with Gasteiger partial charge < -0.3 is 9.30 Å². The number of piperidine rings is 1. The van der Waals surface area contributed by atoms with Crippen LogP contribution in [0.25, 0.3) is 10.2 Å². The Bertz CT molecular complexity index is 1370. The quantitative estimate of drug-likeness (QED) is 0.489. The van der Waals surface area contributed by atoms with Crippen LogP contribution in [0.15, 0.2) is 46.3 Å². The molecule has 4 rings (SSSR count). The number of aryl methyl sites for hydroxylation is 2. The molecule has 34 heavy (non-hydrogen) atoms. The van der Waals surface area contributed by atoms with Crippen LogP contribution >= 0.6 is 11.3 Å². The van der Waals surface area contributed by atoms with Gasteiger partial charge in [0.25, 0.3) is 5.91 Å². The number of fused-ring (bicyclic) bond motifs is 1. The molecule has 9 heteroatoms. The maximum absolute atomic E-state index is 13.1. The van der Waals surface area contributed by atoms with Crippen molar-refractivity contribution in [1.82, 2.24) is 8.87 Å². The summed E-state index contributed by atoms with van der Waals surface area (Å²) in [5.74, 6) is 0.351. The SMILES string of the molecule is CCCn1c(=NC(=O)c2ccc(S(=O)(=O)N3CCCCC3C)cc2)sc2c(C)ccc(OC)c21. The lowest BCUT2D eigenvalue weighted by molar-refractivity contribution is 0.0997. The highest BCUT2D eigenvalue weighted by molar-refractivity contribution is 7.89. The fourth-order valence-corrected chi connectivity index (χ4v) is 7.28. The molecule has 0 bridgehead atoms. The molecular formula is C25H31N3O4S2. The molecule has 1 unspecified atom stereocenters. The van der Waals surface area contributed by atoms with Crippen molar-refractivity contribution >= 4 is 37.5 Å². The number of hydrogen-bond acceptors (Lipinski definition) is 5. The minimum atomic E-state index is -3.58. The number of thiazole rings is 1. The van der Waals surface area contributed by atoms with E-state index < -0.39 is 15.9 Å². The molecule has 1 saturated heterocycles. The monoisotopic (exact) mass is 501 g/mol. The van der Waals surface area contributed by atoms with Crippen molar-refractivity contribution in [2.45, 2.75) is 63.9 Å². The van der Waals surface area contributed by atoms with Gasteiger partial charge in [-0.1, -0.05) is 30.7 Å². The standard InChI is InChI=1S/C25H31N3O4S2/c1-5-15-27-22-21(32-4)14-9-17(2)23(22)33-25(27)26-24(29)19-10-12-20(13-11-19)34(30,31)28-16-7-6-8-18(28)3/h9-14,18H,5-8,15-16H2,1-4H3. The summed E-state index contributed by atoms with van der Waals surface area (Å²) in [7, 11) is -1.94. The predicted molar refractivity (Wildman–Crippen MR) is 135 cm³/mol. The molecule has 0 aliphatic carbocycles. The van der Waals surface area contributed by atoms with Crippen molar-refractivity contribution < 1.29 is 17.9 Å². The van der Waals surface area contributed by atoms with Gasteiger partial charge in [-0.15, -0.1) is 0 Å². The second-order valence-electron chi connectivity index (χ2n) is 8.70. The fourth-order valence-electron chi connectivity index (χ4n) is 4.44. The zero-order chi connectivity index (χ0) is 24.5. The summed E-state index contributed by atoms with van der Waals surface area (Å²) in [6.45, 7) is 7.29. The molecule has 1 atom stereocenters. The first-order valence-corrected chi connectivity index (χ1v) is 13.9. The van der Waals surface area contributed by atoms with E-state index in [1.165, 1.54) is 23.5 Å². The molecule has 0 N–H and O–H groups in total. The highest BCUT2D eigenvalue weighted by Crippen LogP contribution is 2.31. The molecule has 1 aromatic heterocycles. The van der Waals surface area contributed by atoms with Crippen LogP contribution in [0.1, 0.15) is 55.5 Å². The van der Waals surface area contributed by atoms with Crippen LogP contribution in [0.4, 0.5) is 0 Å². The minimum absolute atomic E-state index is 0.0162. The Labute approximate surface area is 204 Å². The van der Waals surface area contributed by atoms with E-state index in [1.807, 2.05) is 30.5 Å². The number of amides is 1. The Balaban J connectivity index is 1.70. The van der Waals surface area contributed by atoms with Crippen LogP contribution in [-0.2, 0) is 16.6 Å². The molecule has 182 valence electrons. The summed E-state index contributed by atoms with van der Waals surface area (Å²) in [6.07, 6.45) is 3.66. The number of hydrogen-bond donors (Lipinski definition) is 0. The van der Waals surface area contributed by atoms with Gasteiger partial charge in [-0.2, -0.15) is 9.30 Å². The van der Waals surface area contributed by atoms with E-state index in [4.69, 9.17) is 4.74 Å². The molecule has 1 amide bonds. The zero-order valence-corrected chi connectivity index (χ0v) is 21.7. The summed E-state index contributed by atoms with van der Waals surface area (Å²) in [5.41, 5.74) is 2.40. The Morgan fingerprint density at radius 1 is 1.18 bits per heavy atom. The second kappa shape index (κ2) is 10.0. The van der Waals surface area contributed by atoms with E-state index in [-0.39, 0.29) is 10.9 Å². The summed E-state index contributed by atoms with van der Waals surface area (Å²) < 4.78 is 36.4. The highest BCUT2D eigenvalue weighted by Gasteiger charge is 2.31. The smallest absolute Gasteiger partial charge is 0.279 e. The number of rotatable bonds is 6. The lowest BCUT2D eigenvalue weighted by atomic mass is 10.1. The van der Waals surface area contributed by atoms with Crippen LogP contribution in [0.5, 0.6) is 5.75 Å². The van der Waals surface area contributed by atoms with Crippen LogP contribution in [0.3, 0.4) is 0 Å². The summed E-state index contributed by atoms with van der Waals surface area (Å²) in [6, 6.07) is 10.0. The third kappa shape index (κ3) is 4.56. The first kappa shape index (κ1) is 24.6. The summed E-state index contributed by atoms with van der Waals surface area (Å²) >= 11 is 1.46. The Hall–Kier alpha value is -2.49. The van der Waals surface area contributed by atoms with Gasteiger partial charge in [-0.3, -0.25) is 4.79 Å². The van der Waals surface area contributed by atoms with E-state index in [0.717, 1.165) is 47.2 Å². The molecular weight excluding hydrogens is 470 g/mol. The predicted octanol–water partition coefficient (Wildman–Crippen LogP) is 4.73. The van der Waals surface area contributed by atoms with E-state index in [0.29, 0.717) is 23.5 Å². The first-order chi connectivity index (χ1) is 16.3. The first-order valence-electron chi connectivity index (χ1n) is 11.7. The Morgan fingerprint density at radius 2 is 1.91 bits per heavy atom. The second-order valence-corrected chi connectivity index (χ2v) is 11.6. The maximum atomic E-state index is 13.1. The van der Waals surface area contributed by atoms with Gasteiger partial charge in [0, 0.05) is 24.7 Å². The Morgan fingerprint density at radius 3 is 2.56 bits per heavy atom. The van der Waals surface area contributed by atoms with E-state index in [9.17, 15) is 13.2 Å². The summed E-state index contributed by atoms with van der Waals surface area (Å²) in [4.78, 5) is 18.3. The third-order valence-corrected chi connectivity index (χ3v) is 9.54. The molecule has 2 aromatic carbocycles. The summed E-state index contributed by atoms with van der Waals surface area (Å²) in [5, 5.41) is 0. The molecule has 7 nitrogen and oxygen atoms in total. The number of carbonyl (C=O) groups excluding carboxylic acids is 1. The molecule has 0 radical (unpaired) electrons. The number of ether oxygens (including phenoxy) is 1. The van der Waals surface area contributed by atoms with Crippen molar-refractivity contribution in [1.29, 1.82) is 0 Å². The lowest BCUT2D eigenvalue weighted by Crippen LogP contribution is -2.41. The van der Waals surface area contributed by atoms with Gasteiger partial charge in [0.05, 0.1) is 16.7 Å². The van der Waals surface area contributed by atoms with Gasteiger partial charge >= 0.3 is 0 Å². The zero-order valence-electron chi connectivity index (χ0n) is 20.1. The minimum Gasteiger partial charge on any atom is -0.495 e. The highest BCUT2D eigenvalue weighted by atomic mass is 32.2. The molecule has 1 fully saturated rings. The number of methoxy groups -OCH3 is 1. The number of aromatic nitrogens is 1. The topological polar surface area (TPSA) is 81.0 Å². The number of nitrogens with zero attached hydrogens (tertiary/aromatic N) is 3. The van der Waals surface area contributed by atoms with Gasteiger partial charge in [-0.25, -0.2) is 8.42 Å². The van der Waals surface area contributed by atoms with Crippen molar-refractivity contribution in [2.24, 2.45) is 4.99 Å². The van der Waals surface area contributed by atoms with Gasteiger partial charge in [0.1, 0.15) is 11.3 Å². The van der Waals surface area contributed by atoms with E-state index in [1.54, 1.807) is 23.5 Å². The van der Waals surface area contributed by atoms with Gasteiger partial charge in [0.2, 0.25) is 10.0 Å². The molecule has 0 saturated carbocycles. The molecule has 2 heterocycles.